The van der Waals surface area contributed by atoms with Crippen molar-refractivity contribution in [1.29, 1.82) is 0 Å². The van der Waals surface area contributed by atoms with Crippen LogP contribution in [-0.4, -0.2) is 28.9 Å². The number of ether oxygens (including phenoxy) is 1. The van der Waals surface area contributed by atoms with Crippen LogP contribution in [0.25, 0.3) is 5.76 Å². The van der Waals surface area contributed by atoms with Gasteiger partial charge in [-0.05, 0) is 29.8 Å². The van der Waals surface area contributed by atoms with Crippen molar-refractivity contribution < 1.29 is 19.4 Å². The standard InChI is InChI=1S/C23H18N2O4/c1-29-17-11-7-10-16(14-17)21(26)19-20(15-8-3-2-4-9-15)25(23(28)22(19)27)18-12-5-6-13-24-18/h2-14,20,26H,1H3/b21-19+. The van der Waals surface area contributed by atoms with E-state index in [-0.39, 0.29) is 11.3 Å². The molecule has 6 heteroatoms. The van der Waals surface area contributed by atoms with Crippen LogP contribution in [0.3, 0.4) is 0 Å². The van der Waals surface area contributed by atoms with Crippen LogP contribution in [0.5, 0.6) is 5.75 Å². The highest BCUT2D eigenvalue weighted by molar-refractivity contribution is 6.51. The number of rotatable bonds is 4. The number of anilines is 1. The molecule has 1 fully saturated rings. The number of methoxy groups -OCH3 is 1. The molecule has 29 heavy (non-hydrogen) atoms. The van der Waals surface area contributed by atoms with Gasteiger partial charge >= 0.3 is 5.91 Å². The van der Waals surface area contributed by atoms with Gasteiger partial charge in [-0.3, -0.25) is 14.5 Å². The Balaban J connectivity index is 1.94. The molecule has 1 aliphatic heterocycles. The number of carbonyl (C=O) groups is 2. The molecule has 1 aliphatic rings. The first-order chi connectivity index (χ1) is 14.1. The van der Waals surface area contributed by atoms with E-state index in [0.29, 0.717) is 22.7 Å². The van der Waals surface area contributed by atoms with Crippen molar-refractivity contribution in [2.75, 3.05) is 12.0 Å². The Kier molecular flexibility index (Phi) is 4.83. The van der Waals surface area contributed by atoms with E-state index in [9.17, 15) is 14.7 Å². The van der Waals surface area contributed by atoms with Crippen molar-refractivity contribution in [3.63, 3.8) is 0 Å². The normalized spacial score (nSPS) is 18.1. The SMILES string of the molecule is COc1cccc(/C(O)=C2\C(=O)C(=O)N(c3ccccn3)C2c2ccccc2)c1. The second kappa shape index (κ2) is 7.59. The fourth-order valence-corrected chi connectivity index (χ4v) is 3.44. The average molecular weight is 386 g/mol. The molecular formula is C23H18N2O4. The molecule has 6 nitrogen and oxygen atoms in total. The second-order valence-corrected chi connectivity index (χ2v) is 6.50. The Hall–Kier alpha value is -3.93. The highest BCUT2D eigenvalue weighted by atomic mass is 16.5. The molecular weight excluding hydrogens is 368 g/mol. The van der Waals surface area contributed by atoms with Gasteiger partial charge in [-0.1, -0.05) is 48.5 Å². The average Bonchev–Trinajstić information content (AvgIpc) is 3.05. The Morgan fingerprint density at radius 3 is 2.45 bits per heavy atom. The molecule has 0 spiro atoms. The maximum Gasteiger partial charge on any atom is 0.301 e. The fourth-order valence-electron chi connectivity index (χ4n) is 3.44. The van der Waals surface area contributed by atoms with Crippen LogP contribution in [-0.2, 0) is 9.59 Å². The summed E-state index contributed by atoms with van der Waals surface area (Å²) in [4.78, 5) is 31.5. The number of hydrogen-bond acceptors (Lipinski definition) is 5. The van der Waals surface area contributed by atoms with E-state index < -0.39 is 17.7 Å². The van der Waals surface area contributed by atoms with E-state index in [1.54, 1.807) is 48.7 Å². The molecule has 144 valence electrons. The first-order valence-corrected chi connectivity index (χ1v) is 9.03. The Bertz CT molecular complexity index is 1090. The van der Waals surface area contributed by atoms with Crippen molar-refractivity contribution in [3.8, 4) is 5.75 Å². The number of carbonyl (C=O) groups excluding carboxylic acids is 2. The molecule has 4 rings (SSSR count). The molecule has 1 aromatic heterocycles. The minimum Gasteiger partial charge on any atom is -0.507 e. The van der Waals surface area contributed by atoms with Crippen molar-refractivity contribution >= 4 is 23.3 Å². The highest BCUT2D eigenvalue weighted by Gasteiger charge is 2.47. The second-order valence-electron chi connectivity index (χ2n) is 6.50. The molecule has 1 N–H and O–H groups in total. The zero-order chi connectivity index (χ0) is 20.4. The summed E-state index contributed by atoms with van der Waals surface area (Å²) in [5, 5.41) is 11.0. The minimum atomic E-state index is -0.794. The lowest BCUT2D eigenvalue weighted by atomic mass is 9.95. The molecule has 1 unspecified atom stereocenters. The van der Waals surface area contributed by atoms with Gasteiger partial charge in [-0.2, -0.15) is 0 Å². The van der Waals surface area contributed by atoms with Crippen molar-refractivity contribution in [1.82, 2.24) is 4.98 Å². The molecule has 0 bridgehead atoms. The van der Waals surface area contributed by atoms with Gasteiger partial charge in [0.15, 0.2) is 0 Å². The predicted molar refractivity (Wildman–Crippen MR) is 108 cm³/mol. The molecule has 3 aromatic rings. The van der Waals surface area contributed by atoms with Gasteiger partial charge in [-0.25, -0.2) is 4.98 Å². The van der Waals surface area contributed by atoms with Crippen molar-refractivity contribution in [2.24, 2.45) is 0 Å². The molecule has 2 heterocycles. The quantitative estimate of drug-likeness (QED) is 0.420. The number of pyridine rings is 1. The smallest absolute Gasteiger partial charge is 0.301 e. The zero-order valence-corrected chi connectivity index (χ0v) is 15.6. The lowest BCUT2D eigenvalue weighted by molar-refractivity contribution is -0.132. The number of nitrogens with zero attached hydrogens (tertiary/aromatic N) is 2. The summed E-state index contributed by atoms with van der Waals surface area (Å²) < 4.78 is 5.21. The third-order valence-electron chi connectivity index (χ3n) is 4.80. The predicted octanol–water partition coefficient (Wildman–Crippen LogP) is 3.72. The van der Waals surface area contributed by atoms with Gasteiger partial charge in [0.25, 0.3) is 5.78 Å². The summed E-state index contributed by atoms with van der Waals surface area (Å²) in [7, 11) is 1.52. The zero-order valence-electron chi connectivity index (χ0n) is 15.6. The van der Waals surface area contributed by atoms with Crippen LogP contribution in [0.15, 0.2) is 84.6 Å². The van der Waals surface area contributed by atoms with Crippen molar-refractivity contribution in [3.05, 3.63) is 95.7 Å². The molecule has 2 aromatic carbocycles. The van der Waals surface area contributed by atoms with E-state index in [2.05, 4.69) is 4.98 Å². The summed E-state index contributed by atoms with van der Waals surface area (Å²) in [5.74, 6) is -0.876. The number of amides is 1. The number of aliphatic hydroxyl groups excluding tert-OH is 1. The van der Waals surface area contributed by atoms with Gasteiger partial charge in [0.2, 0.25) is 0 Å². The summed E-state index contributed by atoms with van der Waals surface area (Å²) >= 11 is 0. The molecule has 0 aliphatic carbocycles. The topological polar surface area (TPSA) is 79.7 Å². The Morgan fingerprint density at radius 1 is 1.00 bits per heavy atom. The summed E-state index contributed by atoms with van der Waals surface area (Å²) in [6.07, 6.45) is 1.55. The van der Waals surface area contributed by atoms with E-state index >= 15 is 0 Å². The number of aliphatic hydroxyl groups is 1. The first kappa shape index (κ1) is 18.4. The third-order valence-corrected chi connectivity index (χ3v) is 4.80. The number of benzene rings is 2. The van der Waals surface area contributed by atoms with Gasteiger partial charge in [0.1, 0.15) is 17.3 Å². The number of ketones is 1. The van der Waals surface area contributed by atoms with Gasteiger partial charge in [0.05, 0.1) is 18.7 Å². The molecule has 1 atom stereocenters. The summed E-state index contributed by atoms with van der Waals surface area (Å²) in [5.41, 5.74) is 1.10. The fraction of sp³-hybridized carbons (Fsp3) is 0.0870. The van der Waals surface area contributed by atoms with Crippen LogP contribution >= 0.6 is 0 Å². The van der Waals surface area contributed by atoms with Crippen molar-refractivity contribution in [2.45, 2.75) is 6.04 Å². The molecule has 1 saturated heterocycles. The third kappa shape index (κ3) is 3.25. The highest BCUT2D eigenvalue weighted by Crippen LogP contribution is 2.41. The van der Waals surface area contributed by atoms with Crippen LogP contribution < -0.4 is 9.64 Å². The lowest BCUT2D eigenvalue weighted by Gasteiger charge is -2.24. The first-order valence-electron chi connectivity index (χ1n) is 9.03. The molecule has 0 radical (unpaired) electrons. The van der Waals surface area contributed by atoms with Gasteiger partial charge in [0, 0.05) is 11.8 Å². The monoisotopic (exact) mass is 386 g/mol. The van der Waals surface area contributed by atoms with E-state index in [1.807, 2.05) is 30.3 Å². The Morgan fingerprint density at radius 2 is 1.76 bits per heavy atom. The maximum atomic E-state index is 13.0. The lowest BCUT2D eigenvalue weighted by Crippen LogP contribution is -2.30. The maximum absolute atomic E-state index is 13.0. The van der Waals surface area contributed by atoms with Crippen LogP contribution in [0.1, 0.15) is 17.2 Å². The molecule has 0 saturated carbocycles. The van der Waals surface area contributed by atoms with Crippen LogP contribution in [0, 0.1) is 0 Å². The van der Waals surface area contributed by atoms with Crippen LogP contribution in [0.4, 0.5) is 5.82 Å². The molecule has 1 amide bonds. The van der Waals surface area contributed by atoms with Crippen LogP contribution in [0.2, 0.25) is 0 Å². The summed E-state index contributed by atoms with van der Waals surface area (Å²) in [6.45, 7) is 0. The van der Waals surface area contributed by atoms with E-state index in [1.165, 1.54) is 12.0 Å². The van der Waals surface area contributed by atoms with Gasteiger partial charge in [-0.15, -0.1) is 0 Å². The van der Waals surface area contributed by atoms with Gasteiger partial charge < -0.3 is 9.84 Å². The number of hydrogen-bond donors (Lipinski definition) is 1. The number of aromatic nitrogens is 1. The summed E-state index contributed by atoms with van der Waals surface area (Å²) in [6, 6.07) is 20.2. The Labute approximate surface area is 167 Å². The minimum absolute atomic E-state index is 0.0140. The van der Waals surface area contributed by atoms with E-state index in [4.69, 9.17) is 4.74 Å². The largest absolute Gasteiger partial charge is 0.507 e. The van der Waals surface area contributed by atoms with E-state index in [0.717, 1.165) is 0 Å². The number of Topliss-reactive ketones (excluding diaryl/α,β-unsaturated/α-hetero) is 1.